The van der Waals surface area contributed by atoms with Crippen molar-refractivity contribution in [2.45, 2.75) is 6.92 Å². The maximum Gasteiger partial charge on any atom is 0.343 e. The van der Waals surface area contributed by atoms with Gasteiger partial charge in [-0.2, -0.15) is 5.10 Å². The van der Waals surface area contributed by atoms with Gasteiger partial charge in [0.15, 0.2) is 11.5 Å². The molecule has 0 aliphatic heterocycles. The SMILES string of the molecule is COc1cc(/C(C)=N/NC(=O)C(=O)Nc2ccccc2F)ccc1OC(=O)c1ccc(Cl)cc1. The van der Waals surface area contributed by atoms with E-state index in [1.807, 2.05) is 0 Å². The molecule has 2 N–H and O–H groups in total. The quantitative estimate of drug-likeness (QED) is 0.180. The Bertz CT molecular complexity index is 1260. The minimum Gasteiger partial charge on any atom is -0.493 e. The first kappa shape index (κ1) is 24.4. The number of hydrogen-bond donors (Lipinski definition) is 2. The number of nitrogens with zero attached hydrogens (tertiary/aromatic N) is 1. The largest absolute Gasteiger partial charge is 0.493 e. The van der Waals surface area contributed by atoms with E-state index < -0.39 is 23.6 Å². The number of carbonyl (C=O) groups is 3. The van der Waals surface area contributed by atoms with E-state index in [9.17, 15) is 18.8 Å². The Labute approximate surface area is 199 Å². The summed E-state index contributed by atoms with van der Waals surface area (Å²) in [7, 11) is 1.40. The third-order valence-electron chi connectivity index (χ3n) is 4.52. The molecule has 3 rings (SSSR count). The van der Waals surface area contributed by atoms with Crippen LogP contribution < -0.4 is 20.2 Å². The van der Waals surface area contributed by atoms with Gasteiger partial charge < -0.3 is 14.8 Å². The van der Waals surface area contributed by atoms with E-state index in [2.05, 4.69) is 15.8 Å². The molecule has 0 bridgehead atoms. The van der Waals surface area contributed by atoms with Crippen LogP contribution in [0.25, 0.3) is 0 Å². The highest BCUT2D eigenvalue weighted by Gasteiger charge is 2.16. The lowest BCUT2D eigenvalue weighted by molar-refractivity contribution is -0.136. The minimum atomic E-state index is -1.08. The van der Waals surface area contributed by atoms with Gasteiger partial charge in [-0.25, -0.2) is 14.6 Å². The number of nitrogens with one attached hydrogen (secondary N) is 2. The highest BCUT2D eigenvalue weighted by molar-refractivity contribution is 6.39. The molecule has 0 radical (unpaired) electrons. The van der Waals surface area contributed by atoms with Crippen molar-refractivity contribution in [3.63, 3.8) is 0 Å². The zero-order chi connectivity index (χ0) is 24.7. The molecular weight excluding hydrogens is 465 g/mol. The summed E-state index contributed by atoms with van der Waals surface area (Å²) < 4.78 is 24.3. The standard InChI is InChI=1S/C24H19ClFN3O5/c1-14(28-29-23(31)22(30)27-19-6-4-3-5-18(19)26)16-9-12-20(21(13-16)33-2)34-24(32)15-7-10-17(25)11-8-15/h3-13H,1-2H3,(H,27,30)(H,29,31)/b28-14+. The van der Waals surface area contributed by atoms with E-state index in [-0.39, 0.29) is 17.2 Å². The molecule has 0 aliphatic carbocycles. The molecule has 10 heteroatoms. The summed E-state index contributed by atoms with van der Waals surface area (Å²) >= 11 is 5.83. The van der Waals surface area contributed by atoms with Crippen molar-refractivity contribution in [1.29, 1.82) is 0 Å². The predicted molar refractivity (Wildman–Crippen MR) is 125 cm³/mol. The number of halogens is 2. The van der Waals surface area contributed by atoms with E-state index in [0.29, 0.717) is 21.9 Å². The molecule has 0 fully saturated rings. The zero-order valence-corrected chi connectivity index (χ0v) is 18.9. The first-order chi connectivity index (χ1) is 16.3. The lowest BCUT2D eigenvalue weighted by Gasteiger charge is -2.11. The summed E-state index contributed by atoms with van der Waals surface area (Å²) in [4.78, 5) is 36.3. The van der Waals surface area contributed by atoms with Gasteiger partial charge in [0.1, 0.15) is 5.82 Å². The molecule has 3 aromatic rings. The normalized spacial score (nSPS) is 10.9. The highest BCUT2D eigenvalue weighted by atomic mass is 35.5. The van der Waals surface area contributed by atoms with Crippen LogP contribution in [0.4, 0.5) is 10.1 Å². The van der Waals surface area contributed by atoms with Gasteiger partial charge in [-0.1, -0.05) is 23.7 Å². The number of hydrazone groups is 1. The van der Waals surface area contributed by atoms with Crippen molar-refractivity contribution >= 4 is 40.8 Å². The van der Waals surface area contributed by atoms with Gasteiger partial charge in [-0.3, -0.25) is 9.59 Å². The van der Waals surface area contributed by atoms with Crippen molar-refractivity contribution in [3.8, 4) is 11.5 Å². The Morgan fingerprint density at radius 1 is 0.912 bits per heavy atom. The fraction of sp³-hybridized carbons (Fsp3) is 0.0833. The third kappa shape index (κ3) is 6.17. The molecule has 174 valence electrons. The van der Waals surface area contributed by atoms with Gasteiger partial charge in [0.05, 0.1) is 24.1 Å². The Kier molecular flexibility index (Phi) is 7.94. The average Bonchev–Trinajstić information content (AvgIpc) is 2.84. The van der Waals surface area contributed by atoms with Crippen LogP contribution in [-0.2, 0) is 9.59 Å². The second-order valence-electron chi connectivity index (χ2n) is 6.83. The molecule has 0 spiro atoms. The smallest absolute Gasteiger partial charge is 0.343 e. The molecule has 0 saturated heterocycles. The van der Waals surface area contributed by atoms with Crippen molar-refractivity contribution in [3.05, 3.63) is 88.7 Å². The number of esters is 1. The lowest BCUT2D eigenvalue weighted by Crippen LogP contribution is -2.33. The highest BCUT2D eigenvalue weighted by Crippen LogP contribution is 2.29. The number of benzene rings is 3. The Hall–Kier alpha value is -4.24. The molecular formula is C24H19ClFN3O5. The number of carbonyl (C=O) groups excluding carboxylic acids is 3. The fourth-order valence-electron chi connectivity index (χ4n) is 2.71. The van der Waals surface area contributed by atoms with Crippen molar-refractivity contribution in [2.75, 3.05) is 12.4 Å². The second kappa shape index (κ2) is 11.1. The zero-order valence-electron chi connectivity index (χ0n) is 18.1. The van der Waals surface area contributed by atoms with Crippen molar-refractivity contribution in [2.24, 2.45) is 5.10 Å². The topological polar surface area (TPSA) is 106 Å². The molecule has 34 heavy (non-hydrogen) atoms. The van der Waals surface area contributed by atoms with Crippen LogP contribution in [0.2, 0.25) is 5.02 Å². The summed E-state index contributed by atoms with van der Waals surface area (Å²) in [5, 5.41) is 6.54. The van der Waals surface area contributed by atoms with Gasteiger partial charge >= 0.3 is 17.8 Å². The van der Waals surface area contributed by atoms with Gasteiger partial charge in [0.2, 0.25) is 0 Å². The summed E-state index contributed by atoms with van der Waals surface area (Å²) in [5.74, 6) is -3.01. The molecule has 0 aromatic heterocycles. The summed E-state index contributed by atoms with van der Waals surface area (Å²) in [6.45, 7) is 1.59. The fourth-order valence-corrected chi connectivity index (χ4v) is 2.84. The van der Waals surface area contributed by atoms with Gasteiger partial charge in [0.25, 0.3) is 0 Å². The summed E-state index contributed by atoms with van der Waals surface area (Å²) in [6, 6.07) is 16.3. The molecule has 0 aliphatic rings. The number of anilines is 1. The number of ether oxygens (including phenoxy) is 2. The van der Waals surface area contributed by atoms with Crippen LogP contribution in [0.15, 0.2) is 71.8 Å². The van der Waals surface area contributed by atoms with Crippen LogP contribution in [0, 0.1) is 5.82 Å². The van der Waals surface area contributed by atoms with Crippen LogP contribution in [-0.4, -0.2) is 30.6 Å². The molecule has 8 nitrogen and oxygen atoms in total. The van der Waals surface area contributed by atoms with E-state index in [1.165, 1.54) is 43.5 Å². The first-order valence-corrected chi connectivity index (χ1v) is 10.2. The van der Waals surface area contributed by atoms with Crippen molar-refractivity contribution in [1.82, 2.24) is 5.43 Å². The number of methoxy groups -OCH3 is 1. The van der Waals surface area contributed by atoms with Crippen LogP contribution in [0.5, 0.6) is 11.5 Å². The van der Waals surface area contributed by atoms with E-state index in [1.54, 1.807) is 31.2 Å². The van der Waals surface area contributed by atoms with Crippen LogP contribution in [0.3, 0.4) is 0 Å². The molecule has 0 saturated carbocycles. The number of para-hydroxylation sites is 1. The van der Waals surface area contributed by atoms with Gasteiger partial charge in [-0.15, -0.1) is 0 Å². The van der Waals surface area contributed by atoms with Gasteiger partial charge in [-0.05, 0) is 61.5 Å². The van der Waals surface area contributed by atoms with Crippen molar-refractivity contribution < 1.29 is 28.2 Å². The molecule has 0 heterocycles. The molecule has 3 aromatic carbocycles. The molecule has 2 amide bonds. The first-order valence-electron chi connectivity index (χ1n) is 9.84. The summed E-state index contributed by atoms with van der Waals surface area (Å²) in [6.07, 6.45) is 0. The van der Waals surface area contributed by atoms with E-state index in [4.69, 9.17) is 21.1 Å². The number of rotatable bonds is 6. The predicted octanol–water partition coefficient (Wildman–Crippen LogP) is 4.19. The molecule has 0 unspecified atom stereocenters. The molecule has 0 atom stereocenters. The maximum absolute atomic E-state index is 13.6. The maximum atomic E-state index is 13.6. The Balaban J connectivity index is 1.67. The summed E-state index contributed by atoms with van der Waals surface area (Å²) in [5.41, 5.74) is 3.15. The average molecular weight is 484 g/mol. The Morgan fingerprint density at radius 3 is 2.26 bits per heavy atom. The minimum absolute atomic E-state index is 0.128. The lowest BCUT2D eigenvalue weighted by atomic mass is 10.1. The van der Waals surface area contributed by atoms with Crippen LogP contribution >= 0.6 is 11.6 Å². The second-order valence-corrected chi connectivity index (χ2v) is 7.27. The number of amides is 2. The third-order valence-corrected chi connectivity index (χ3v) is 4.77. The van der Waals surface area contributed by atoms with Gasteiger partial charge in [0, 0.05) is 10.6 Å². The monoisotopic (exact) mass is 483 g/mol. The van der Waals surface area contributed by atoms with E-state index >= 15 is 0 Å². The van der Waals surface area contributed by atoms with E-state index in [0.717, 1.165) is 6.07 Å². The Morgan fingerprint density at radius 2 is 1.59 bits per heavy atom. The van der Waals surface area contributed by atoms with Crippen LogP contribution in [0.1, 0.15) is 22.8 Å². The number of hydrogen-bond acceptors (Lipinski definition) is 6.